The summed E-state index contributed by atoms with van der Waals surface area (Å²) in [6, 6.07) is 70.3. The molecule has 58 heavy (non-hydrogen) atoms. The molecule has 1 aliphatic rings. The summed E-state index contributed by atoms with van der Waals surface area (Å²) in [5.74, 6) is 0. The Bertz CT molecular complexity index is 2970. The minimum Gasteiger partial charge on any atom is -0.337 e. The molecule has 10 rings (SSSR count). The predicted octanol–water partition coefficient (Wildman–Crippen LogP) is 15.8. The van der Waals surface area contributed by atoms with Gasteiger partial charge in [-0.1, -0.05) is 164 Å². The Morgan fingerprint density at radius 1 is 0.431 bits per heavy atom. The zero-order chi connectivity index (χ0) is 38.8. The van der Waals surface area contributed by atoms with Crippen LogP contribution in [0.15, 0.2) is 225 Å². The highest BCUT2D eigenvalue weighted by atomic mass is 32.1. The lowest BCUT2D eigenvalue weighted by molar-refractivity contribution is 1.09. The second-order valence-corrected chi connectivity index (χ2v) is 15.7. The van der Waals surface area contributed by atoms with E-state index in [1.165, 1.54) is 48.0 Å². The third kappa shape index (κ3) is 6.62. The second-order valence-electron chi connectivity index (χ2n) is 14.6. The van der Waals surface area contributed by atoms with Gasteiger partial charge in [-0.15, -0.1) is 11.3 Å². The summed E-state index contributed by atoms with van der Waals surface area (Å²) in [5, 5.41) is 2.64. The molecule has 9 aromatic rings. The lowest BCUT2D eigenvalue weighted by Crippen LogP contribution is -2.19. The molecule has 2 nitrogen and oxygen atoms in total. The van der Waals surface area contributed by atoms with Gasteiger partial charge in [0, 0.05) is 66.3 Å². The van der Waals surface area contributed by atoms with Gasteiger partial charge in [0.1, 0.15) is 0 Å². The average Bonchev–Trinajstić information content (AvgIpc) is 3.71. The molecule has 0 spiro atoms. The molecule has 1 aromatic heterocycles. The number of hydrogen-bond donors (Lipinski definition) is 0. The fraction of sp³-hybridized carbons (Fsp3) is 0.0182. The molecule has 0 radical (unpaired) electrons. The molecule has 0 saturated carbocycles. The molecule has 0 unspecified atom stereocenters. The molecule has 0 fully saturated rings. The van der Waals surface area contributed by atoms with Crippen molar-refractivity contribution in [1.29, 1.82) is 0 Å². The van der Waals surface area contributed by atoms with E-state index in [1.54, 1.807) is 0 Å². The Labute approximate surface area is 344 Å². The summed E-state index contributed by atoms with van der Waals surface area (Å²) in [6.07, 6.45) is 8.48. The van der Waals surface area contributed by atoms with Gasteiger partial charge in [-0.3, -0.25) is 0 Å². The van der Waals surface area contributed by atoms with Crippen LogP contribution in [-0.2, 0) is 0 Å². The van der Waals surface area contributed by atoms with Crippen LogP contribution in [0.2, 0.25) is 0 Å². The van der Waals surface area contributed by atoms with Crippen LogP contribution >= 0.6 is 11.3 Å². The van der Waals surface area contributed by atoms with E-state index in [-0.39, 0.29) is 0 Å². The molecule has 8 aromatic carbocycles. The molecule has 1 aliphatic heterocycles. The van der Waals surface area contributed by atoms with Gasteiger partial charge in [0.05, 0.1) is 0 Å². The molecule has 2 heterocycles. The van der Waals surface area contributed by atoms with Crippen molar-refractivity contribution < 1.29 is 0 Å². The molecule has 3 heteroatoms. The van der Waals surface area contributed by atoms with E-state index < -0.39 is 0 Å². The van der Waals surface area contributed by atoms with Gasteiger partial charge in [-0.05, 0) is 94.1 Å². The van der Waals surface area contributed by atoms with Gasteiger partial charge in [0.2, 0.25) is 0 Å². The first-order chi connectivity index (χ1) is 28.7. The first-order valence-electron chi connectivity index (χ1n) is 19.7. The number of hydrogen-bond acceptors (Lipinski definition) is 3. The van der Waals surface area contributed by atoms with Crippen LogP contribution in [0.5, 0.6) is 0 Å². The number of para-hydroxylation sites is 2. The minimum absolute atomic E-state index is 0.740. The molecular weight excluding hydrogens is 721 g/mol. The number of nitrogens with zero attached hydrogens (tertiary/aromatic N) is 2. The Morgan fingerprint density at radius 2 is 0.948 bits per heavy atom. The summed E-state index contributed by atoms with van der Waals surface area (Å²) < 4.78 is 2.63. The first-order valence-corrected chi connectivity index (χ1v) is 20.6. The summed E-state index contributed by atoms with van der Waals surface area (Å²) in [4.78, 5) is 4.76. The van der Waals surface area contributed by atoms with Crippen molar-refractivity contribution in [2.24, 2.45) is 0 Å². The maximum Gasteiger partial charge on any atom is 0.0493 e. The molecule has 276 valence electrons. The van der Waals surface area contributed by atoms with Crippen molar-refractivity contribution in [3.05, 3.63) is 231 Å². The molecule has 0 amide bonds. The van der Waals surface area contributed by atoms with Crippen molar-refractivity contribution >= 4 is 65.5 Å². The van der Waals surface area contributed by atoms with Crippen LogP contribution in [-0.4, -0.2) is 6.54 Å². The van der Waals surface area contributed by atoms with Crippen molar-refractivity contribution in [1.82, 2.24) is 0 Å². The van der Waals surface area contributed by atoms with Gasteiger partial charge < -0.3 is 9.80 Å². The number of anilines is 5. The van der Waals surface area contributed by atoms with Crippen molar-refractivity contribution in [2.45, 2.75) is 0 Å². The zero-order valence-corrected chi connectivity index (χ0v) is 32.8. The summed E-state index contributed by atoms with van der Waals surface area (Å²) in [7, 11) is 0. The Kier molecular flexibility index (Phi) is 9.34. The van der Waals surface area contributed by atoms with E-state index in [1.807, 2.05) is 11.3 Å². The van der Waals surface area contributed by atoms with Gasteiger partial charge in [0.15, 0.2) is 0 Å². The number of allylic oxidation sites excluding steroid dienone is 4. The van der Waals surface area contributed by atoms with Crippen LogP contribution < -0.4 is 9.80 Å². The molecular formula is C55H40N2S. The van der Waals surface area contributed by atoms with E-state index in [4.69, 9.17) is 0 Å². The number of benzene rings is 8. The largest absolute Gasteiger partial charge is 0.337 e. The topological polar surface area (TPSA) is 6.48 Å². The fourth-order valence-electron chi connectivity index (χ4n) is 8.24. The number of rotatable bonds is 7. The standard InChI is InChI=1S/C55H40N2S/c1-39-15-4-3-13-38-56(51-22-10-7-18-47(39)51)52-23-11-8-19-48(52)42-28-34-45(35-29-42)57(44-32-26-41(27-33-44)40-16-5-2-6-17-40)46-36-30-43(31-37-46)49-21-14-25-54-55(49)50-20-9-12-24-53(50)58-54/h2-37H,1,38H2/b13-3-,15-4-. The highest BCUT2D eigenvalue weighted by Crippen LogP contribution is 2.43. The van der Waals surface area contributed by atoms with E-state index >= 15 is 0 Å². The first kappa shape index (κ1) is 35.2. The molecule has 0 atom stereocenters. The van der Waals surface area contributed by atoms with Crippen molar-refractivity contribution in [2.75, 3.05) is 16.3 Å². The maximum atomic E-state index is 4.39. The quantitative estimate of drug-likeness (QED) is 0.160. The molecule has 0 N–H and O–H groups in total. The fourth-order valence-corrected chi connectivity index (χ4v) is 9.37. The number of thiophene rings is 1. The summed E-state index contributed by atoms with van der Waals surface area (Å²) >= 11 is 1.86. The van der Waals surface area contributed by atoms with Crippen molar-refractivity contribution in [3.63, 3.8) is 0 Å². The maximum absolute atomic E-state index is 4.39. The summed E-state index contributed by atoms with van der Waals surface area (Å²) in [5.41, 5.74) is 14.9. The predicted molar refractivity (Wildman–Crippen MR) is 251 cm³/mol. The highest BCUT2D eigenvalue weighted by Gasteiger charge is 2.19. The second kappa shape index (κ2) is 15.4. The van der Waals surface area contributed by atoms with E-state index in [0.717, 1.165) is 51.7 Å². The van der Waals surface area contributed by atoms with Crippen LogP contribution in [0.1, 0.15) is 5.56 Å². The van der Waals surface area contributed by atoms with Crippen LogP contribution in [0.4, 0.5) is 28.4 Å². The van der Waals surface area contributed by atoms with Crippen molar-refractivity contribution in [3.8, 4) is 33.4 Å². The smallest absolute Gasteiger partial charge is 0.0493 e. The highest BCUT2D eigenvalue weighted by molar-refractivity contribution is 7.25. The van der Waals surface area contributed by atoms with E-state index in [0.29, 0.717) is 0 Å². The third-order valence-corrected chi connectivity index (χ3v) is 12.2. The monoisotopic (exact) mass is 760 g/mol. The molecule has 0 bridgehead atoms. The minimum atomic E-state index is 0.740. The summed E-state index contributed by atoms with van der Waals surface area (Å²) in [6.45, 7) is 5.13. The third-order valence-electron chi connectivity index (χ3n) is 11.1. The van der Waals surface area contributed by atoms with Crippen LogP contribution in [0.25, 0.3) is 59.1 Å². The van der Waals surface area contributed by atoms with Gasteiger partial charge >= 0.3 is 0 Å². The van der Waals surface area contributed by atoms with Gasteiger partial charge in [-0.2, -0.15) is 0 Å². The Morgan fingerprint density at radius 3 is 1.66 bits per heavy atom. The lowest BCUT2D eigenvalue weighted by Gasteiger charge is -2.29. The van der Waals surface area contributed by atoms with E-state index in [2.05, 4.69) is 235 Å². The SMILES string of the molecule is C=C1/C=C\C=C/CN(c2ccccc2-c2ccc(N(c3ccc(-c4ccccc4)cc3)c3ccc(-c4cccc5sc6ccccc6c45)cc3)cc2)c2ccccc21. The van der Waals surface area contributed by atoms with Crippen LogP contribution in [0, 0.1) is 0 Å². The molecule has 0 aliphatic carbocycles. The van der Waals surface area contributed by atoms with Gasteiger partial charge in [-0.25, -0.2) is 0 Å². The average molecular weight is 761 g/mol. The van der Waals surface area contributed by atoms with Gasteiger partial charge in [0.25, 0.3) is 0 Å². The van der Waals surface area contributed by atoms with Crippen LogP contribution in [0.3, 0.4) is 0 Å². The Hall–Kier alpha value is -7.20. The molecule has 0 saturated heterocycles. The Balaban J connectivity index is 1.04. The van der Waals surface area contributed by atoms with E-state index in [9.17, 15) is 0 Å². The lowest BCUT2D eigenvalue weighted by atomic mass is 9.98. The number of fused-ring (bicyclic) bond motifs is 4. The normalized spacial score (nSPS) is 13.7. The zero-order valence-electron chi connectivity index (χ0n) is 32.0.